The summed E-state index contributed by atoms with van der Waals surface area (Å²) in [6, 6.07) is 2.22. The Kier molecular flexibility index (Phi) is 4.77. The van der Waals surface area contributed by atoms with Crippen LogP contribution < -0.4 is 10.2 Å². The molecular weight excluding hydrogens is 270 g/mol. The number of aromatic nitrogens is 2. The summed E-state index contributed by atoms with van der Waals surface area (Å²) >= 11 is 1.75. The number of hydrogen-bond acceptors (Lipinski definition) is 6. The molecule has 2 aromatic rings. The zero-order chi connectivity index (χ0) is 14.7. The van der Waals surface area contributed by atoms with Crippen molar-refractivity contribution in [3.63, 3.8) is 0 Å². The molecule has 0 amide bonds. The number of nitrogens with one attached hydrogen (secondary N) is 1. The highest BCUT2D eigenvalue weighted by Crippen LogP contribution is 2.31. The Balaban J connectivity index is 2.40. The van der Waals surface area contributed by atoms with Crippen LogP contribution in [0.15, 0.2) is 6.07 Å². The molecule has 6 heteroatoms. The fraction of sp³-hybridized carbons (Fsp3) is 0.571. The molecule has 0 aliphatic heterocycles. The van der Waals surface area contributed by atoms with Gasteiger partial charge in [-0.3, -0.25) is 0 Å². The minimum Gasteiger partial charge on any atom is -0.358 e. The second kappa shape index (κ2) is 6.37. The maximum absolute atomic E-state index is 4.64. The molecule has 0 aliphatic rings. The summed E-state index contributed by atoms with van der Waals surface area (Å²) in [5.41, 5.74) is 0. The average molecular weight is 293 g/mol. The lowest BCUT2D eigenvalue weighted by Crippen LogP contribution is -2.29. The summed E-state index contributed by atoms with van der Waals surface area (Å²) in [5, 5.41) is 4.21. The van der Waals surface area contributed by atoms with Gasteiger partial charge >= 0.3 is 0 Å². The van der Waals surface area contributed by atoms with Gasteiger partial charge in [0.1, 0.15) is 10.6 Å². The number of nitrogens with zero attached hydrogens (tertiary/aromatic N) is 4. The van der Waals surface area contributed by atoms with Crippen molar-refractivity contribution in [3.05, 3.63) is 10.9 Å². The lowest BCUT2D eigenvalue weighted by Gasteiger charge is -2.21. The van der Waals surface area contributed by atoms with E-state index in [4.69, 9.17) is 0 Å². The third-order valence-electron chi connectivity index (χ3n) is 3.24. The molecule has 0 aromatic carbocycles. The summed E-state index contributed by atoms with van der Waals surface area (Å²) in [7, 11) is 8.12. The molecule has 0 unspecified atom stereocenters. The standard InChI is InChI=1S/C14H23N5S/c1-6-10-9-11-12(19(5)8-7-18(3)4)16-14(15-2)17-13(11)20-10/h9H,6-8H2,1-5H3,(H,15,16,17). The zero-order valence-corrected chi connectivity index (χ0v) is 13.7. The number of rotatable bonds is 6. The summed E-state index contributed by atoms with van der Waals surface area (Å²) in [4.78, 5) is 16.0. The SMILES string of the molecule is CCc1cc2c(N(C)CCN(C)C)nc(NC)nc2s1. The van der Waals surface area contributed by atoms with Gasteiger partial charge in [-0.05, 0) is 26.6 Å². The number of fused-ring (bicyclic) bond motifs is 1. The lowest BCUT2D eigenvalue weighted by atomic mass is 10.3. The average Bonchev–Trinajstić information content (AvgIpc) is 2.86. The molecule has 0 saturated heterocycles. The summed E-state index contributed by atoms with van der Waals surface area (Å²) in [6.45, 7) is 4.12. The second-order valence-electron chi connectivity index (χ2n) is 5.13. The van der Waals surface area contributed by atoms with Crippen LogP contribution in [-0.2, 0) is 6.42 Å². The van der Waals surface area contributed by atoms with E-state index >= 15 is 0 Å². The van der Waals surface area contributed by atoms with E-state index in [1.54, 1.807) is 11.3 Å². The van der Waals surface area contributed by atoms with E-state index < -0.39 is 0 Å². The van der Waals surface area contributed by atoms with Gasteiger partial charge in [0, 0.05) is 32.1 Å². The highest BCUT2D eigenvalue weighted by atomic mass is 32.1. The topological polar surface area (TPSA) is 44.3 Å². The first-order valence-corrected chi connectivity index (χ1v) is 7.70. The Hall–Kier alpha value is -1.40. The third kappa shape index (κ3) is 3.19. The van der Waals surface area contributed by atoms with Crippen molar-refractivity contribution in [1.82, 2.24) is 14.9 Å². The van der Waals surface area contributed by atoms with Gasteiger partial charge in [-0.2, -0.15) is 4.98 Å². The highest BCUT2D eigenvalue weighted by molar-refractivity contribution is 7.18. The van der Waals surface area contributed by atoms with Crippen LogP contribution in [0.3, 0.4) is 0 Å². The van der Waals surface area contributed by atoms with Crippen molar-refractivity contribution < 1.29 is 0 Å². The molecule has 0 saturated carbocycles. The molecule has 0 fully saturated rings. The van der Waals surface area contributed by atoms with Gasteiger partial charge in [0.25, 0.3) is 0 Å². The van der Waals surface area contributed by atoms with Gasteiger partial charge in [-0.15, -0.1) is 11.3 Å². The normalized spacial score (nSPS) is 11.3. The Morgan fingerprint density at radius 1 is 1.20 bits per heavy atom. The fourth-order valence-electron chi connectivity index (χ4n) is 1.99. The van der Waals surface area contributed by atoms with Crippen molar-refractivity contribution >= 4 is 33.3 Å². The monoisotopic (exact) mass is 293 g/mol. The van der Waals surface area contributed by atoms with E-state index in [1.165, 1.54) is 4.88 Å². The lowest BCUT2D eigenvalue weighted by molar-refractivity contribution is 0.416. The van der Waals surface area contributed by atoms with E-state index in [9.17, 15) is 0 Å². The van der Waals surface area contributed by atoms with E-state index in [2.05, 4.69) is 59.2 Å². The number of hydrogen-bond donors (Lipinski definition) is 1. The molecule has 2 aromatic heterocycles. The van der Waals surface area contributed by atoms with Gasteiger partial charge in [-0.25, -0.2) is 4.98 Å². The Morgan fingerprint density at radius 2 is 1.95 bits per heavy atom. The van der Waals surface area contributed by atoms with E-state index in [1.807, 2.05) is 7.05 Å². The van der Waals surface area contributed by atoms with Crippen LogP contribution in [0.4, 0.5) is 11.8 Å². The van der Waals surface area contributed by atoms with Crippen LogP contribution in [0, 0.1) is 0 Å². The minimum atomic E-state index is 0.689. The van der Waals surface area contributed by atoms with E-state index in [-0.39, 0.29) is 0 Å². The number of anilines is 2. The van der Waals surface area contributed by atoms with E-state index in [0.717, 1.165) is 35.5 Å². The molecule has 2 heterocycles. The summed E-state index contributed by atoms with van der Waals surface area (Å²) in [6.07, 6.45) is 1.04. The maximum Gasteiger partial charge on any atom is 0.225 e. The zero-order valence-electron chi connectivity index (χ0n) is 12.9. The fourth-order valence-corrected chi connectivity index (χ4v) is 2.95. The molecule has 2 rings (SSSR count). The van der Waals surface area contributed by atoms with Gasteiger partial charge in [0.2, 0.25) is 5.95 Å². The first-order chi connectivity index (χ1) is 9.55. The molecule has 0 aliphatic carbocycles. The molecule has 1 N–H and O–H groups in total. The van der Waals surface area contributed by atoms with Crippen molar-refractivity contribution in [2.45, 2.75) is 13.3 Å². The largest absolute Gasteiger partial charge is 0.358 e. The number of thiophene rings is 1. The van der Waals surface area contributed by atoms with Crippen LogP contribution in [0.25, 0.3) is 10.2 Å². The van der Waals surface area contributed by atoms with Crippen LogP contribution in [-0.4, -0.2) is 56.1 Å². The first kappa shape index (κ1) is 15.0. The minimum absolute atomic E-state index is 0.689. The Labute approximate surface area is 124 Å². The van der Waals surface area contributed by atoms with Crippen LogP contribution in [0.2, 0.25) is 0 Å². The van der Waals surface area contributed by atoms with E-state index in [0.29, 0.717) is 5.95 Å². The van der Waals surface area contributed by atoms with Gasteiger partial charge in [0.15, 0.2) is 0 Å². The molecule has 0 spiro atoms. The van der Waals surface area contributed by atoms with Crippen molar-refractivity contribution in [2.24, 2.45) is 0 Å². The molecular formula is C14H23N5S. The number of aryl methyl sites for hydroxylation is 1. The van der Waals surface area contributed by atoms with Crippen LogP contribution >= 0.6 is 11.3 Å². The predicted molar refractivity (Wildman–Crippen MR) is 88.2 cm³/mol. The molecule has 110 valence electrons. The maximum atomic E-state index is 4.64. The van der Waals surface area contributed by atoms with Crippen molar-refractivity contribution in [3.8, 4) is 0 Å². The van der Waals surface area contributed by atoms with Gasteiger partial charge < -0.3 is 15.1 Å². The molecule has 5 nitrogen and oxygen atoms in total. The Bertz CT molecular complexity index is 578. The number of likely N-dealkylation sites (N-methyl/N-ethyl adjacent to an activating group) is 2. The van der Waals surface area contributed by atoms with Crippen LogP contribution in [0.1, 0.15) is 11.8 Å². The van der Waals surface area contributed by atoms with Gasteiger partial charge in [0.05, 0.1) is 5.39 Å². The first-order valence-electron chi connectivity index (χ1n) is 6.89. The van der Waals surface area contributed by atoms with Crippen LogP contribution in [0.5, 0.6) is 0 Å². The predicted octanol–water partition coefficient (Wildman–Crippen LogP) is 2.29. The summed E-state index contributed by atoms with van der Waals surface area (Å²) in [5.74, 6) is 1.70. The van der Waals surface area contributed by atoms with Crippen molar-refractivity contribution in [2.75, 3.05) is 51.5 Å². The molecule has 0 radical (unpaired) electrons. The highest BCUT2D eigenvalue weighted by Gasteiger charge is 2.14. The smallest absolute Gasteiger partial charge is 0.225 e. The van der Waals surface area contributed by atoms with Crippen molar-refractivity contribution in [1.29, 1.82) is 0 Å². The second-order valence-corrected chi connectivity index (χ2v) is 6.25. The van der Waals surface area contributed by atoms with Gasteiger partial charge in [-0.1, -0.05) is 6.92 Å². The molecule has 0 bridgehead atoms. The third-order valence-corrected chi connectivity index (χ3v) is 4.41. The Morgan fingerprint density at radius 3 is 2.55 bits per heavy atom. The molecule has 20 heavy (non-hydrogen) atoms. The summed E-state index contributed by atoms with van der Waals surface area (Å²) < 4.78 is 0. The molecule has 0 atom stereocenters. The quantitative estimate of drug-likeness (QED) is 0.885.